The van der Waals surface area contributed by atoms with Crippen LogP contribution in [0.4, 0.5) is 5.13 Å². The van der Waals surface area contributed by atoms with E-state index in [4.69, 9.17) is 11.6 Å². The number of aromatic nitrogens is 1. The summed E-state index contributed by atoms with van der Waals surface area (Å²) in [5, 5.41) is 2.76. The molecule has 5 heteroatoms. The maximum Gasteiger partial charge on any atom is 0.196 e. The van der Waals surface area contributed by atoms with Gasteiger partial charge < -0.3 is 4.90 Å². The smallest absolute Gasteiger partial charge is 0.196 e. The highest BCUT2D eigenvalue weighted by atomic mass is 35.5. The predicted molar refractivity (Wildman–Crippen MR) is 79.2 cm³/mol. The Morgan fingerprint density at radius 2 is 1.94 bits per heavy atom. The molecule has 0 amide bonds. The Labute approximate surface area is 118 Å². The number of nitrogens with zero attached hydrogens (tertiary/aromatic N) is 2. The van der Waals surface area contributed by atoms with E-state index in [0.29, 0.717) is 5.69 Å². The highest BCUT2D eigenvalue weighted by Crippen LogP contribution is 2.22. The van der Waals surface area contributed by atoms with E-state index in [1.807, 2.05) is 5.38 Å². The van der Waals surface area contributed by atoms with Crippen LogP contribution in [0.25, 0.3) is 0 Å². The van der Waals surface area contributed by atoms with E-state index in [-0.39, 0.29) is 11.7 Å². The summed E-state index contributed by atoms with van der Waals surface area (Å²) in [6, 6.07) is 0. The van der Waals surface area contributed by atoms with Crippen molar-refractivity contribution in [1.29, 1.82) is 0 Å². The minimum absolute atomic E-state index is 0.00704. The van der Waals surface area contributed by atoms with Gasteiger partial charge in [0.05, 0.1) is 5.88 Å². The molecule has 102 valence electrons. The van der Waals surface area contributed by atoms with Gasteiger partial charge in [-0.15, -0.1) is 22.9 Å². The molecule has 0 saturated carbocycles. The number of anilines is 1. The van der Waals surface area contributed by atoms with Crippen LogP contribution in [-0.4, -0.2) is 29.7 Å². The second-order valence-electron chi connectivity index (χ2n) is 4.27. The molecule has 0 fully saturated rings. The maximum atomic E-state index is 11.5. The van der Waals surface area contributed by atoms with Crippen molar-refractivity contribution in [2.45, 2.75) is 39.5 Å². The average Bonchev–Trinajstić information content (AvgIpc) is 2.87. The number of carbonyl (C=O) groups is 1. The fraction of sp³-hybridized carbons (Fsp3) is 0.692. The van der Waals surface area contributed by atoms with Gasteiger partial charge in [0.25, 0.3) is 0 Å². The zero-order chi connectivity index (χ0) is 13.4. The van der Waals surface area contributed by atoms with Crippen molar-refractivity contribution in [3.8, 4) is 0 Å². The Hall–Kier alpha value is -0.610. The lowest BCUT2D eigenvalue weighted by Gasteiger charge is -2.21. The van der Waals surface area contributed by atoms with E-state index in [0.717, 1.165) is 31.1 Å². The first-order valence-corrected chi connectivity index (χ1v) is 7.94. The number of Topliss-reactive ketones (excluding diaryl/α,β-unsaturated/α-hetero) is 1. The zero-order valence-electron chi connectivity index (χ0n) is 11.1. The van der Waals surface area contributed by atoms with E-state index in [2.05, 4.69) is 23.7 Å². The zero-order valence-corrected chi connectivity index (χ0v) is 12.7. The van der Waals surface area contributed by atoms with Gasteiger partial charge in [0.2, 0.25) is 0 Å². The van der Waals surface area contributed by atoms with Crippen LogP contribution >= 0.6 is 22.9 Å². The Bertz CT molecular complexity index is 360. The number of hydrogen-bond acceptors (Lipinski definition) is 4. The number of hydrogen-bond donors (Lipinski definition) is 0. The monoisotopic (exact) mass is 288 g/mol. The highest BCUT2D eigenvalue weighted by molar-refractivity contribution is 7.14. The number of thiazole rings is 1. The maximum absolute atomic E-state index is 11.5. The van der Waals surface area contributed by atoms with Crippen molar-refractivity contribution >= 4 is 33.9 Å². The quantitative estimate of drug-likeness (QED) is 0.509. The Balaban J connectivity index is 2.70. The summed E-state index contributed by atoms with van der Waals surface area (Å²) in [6.07, 6.45) is 4.65. The molecule has 18 heavy (non-hydrogen) atoms. The molecule has 0 saturated heterocycles. The first-order chi connectivity index (χ1) is 8.72. The van der Waals surface area contributed by atoms with E-state index >= 15 is 0 Å². The minimum Gasteiger partial charge on any atom is -0.348 e. The van der Waals surface area contributed by atoms with Crippen LogP contribution in [-0.2, 0) is 0 Å². The van der Waals surface area contributed by atoms with Crippen molar-refractivity contribution in [3.05, 3.63) is 11.1 Å². The van der Waals surface area contributed by atoms with Gasteiger partial charge in [-0.05, 0) is 12.8 Å². The molecular formula is C13H21ClN2OS. The van der Waals surface area contributed by atoms with Crippen LogP contribution in [0.5, 0.6) is 0 Å². The van der Waals surface area contributed by atoms with Crippen molar-refractivity contribution in [2.75, 3.05) is 23.9 Å². The Morgan fingerprint density at radius 1 is 1.33 bits per heavy atom. The molecule has 0 atom stereocenters. The Morgan fingerprint density at radius 3 is 2.44 bits per heavy atom. The molecule has 0 radical (unpaired) electrons. The van der Waals surface area contributed by atoms with Crippen LogP contribution < -0.4 is 4.90 Å². The highest BCUT2D eigenvalue weighted by Gasteiger charge is 2.14. The summed E-state index contributed by atoms with van der Waals surface area (Å²) in [5.41, 5.74) is 0.503. The summed E-state index contributed by atoms with van der Waals surface area (Å²) in [6.45, 7) is 6.39. The fourth-order valence-corrected chi connectivity index (χ4v) is 2.63. The van der Waals surface area contributed by atoms with Crippen LogP contribution in [0.2, 0.25) is 0 Å². The summed E-state index contributed by atoms with van der Waals surface area (Å²) < 4.78 is 0. The van der Waals surface area contributed by atoms with Crippen molar-refractivity contribution in [2.24, 2.45) is 0 Å². The topological polar surface area (TPSA) is 33.2 Å². The number of halogens is 1. The second kappa shape index (κ2) is 8.48. The van der Waals surface area contributed by atoms with Gasteiger partial charge in [-0.1, -0.05) is 26.7 Å². The summed E-state index contributed by atoms with van der Waals surface area (Å²) in [5.74, 6) is -0.0855. The molecule has 0 aliphatic heterocycles. The minimum atomic E-state index is -0.0925. The molecule has 0 aliphatic rings. The first kappa shape index (κ1) is 15.4. The van der Waals surface area contributed by atoms with Crippen molar-refractivity contribution in [3.63, 3.8) is 0 Å². The van der Waals surface area contributed by atoms with Crippen LogP contribution in [0.3, 0.4) is 0 Å². The fourth-order valence-electron chi connectivity index (χ4n) is 1.61. The standard InChI is InChI=1S/C13H21ClN2OS/c1-3-5-7-16(8-6-4-2)13-15-11(10-18-13)12(17)9-14/h10H,3-9H2,1-2H3. The second-order valence-corrected chi connectivity index (χ2v) is 5.37. The van der Waals surface area contributed by atoms with Crippen molar-refractivity contribution < 1.29 is 4.79 Å². The predicted octanol–water partition coefficient (Wildman–Crippen LogP) is 3.97. The largest absolute Gasteiger partial charge is 0.348 e. The number of rotatable bonds is 9. The molecule has 0 unspecified atom stereocenters. The number of carbonyl (C=O) groups excluding carboxylic acids is 1. The molecule has 0 N–H and O–H groups in total. The number of ketones is 1. The van der Waals surface area contributed by atoms with Crippen molar-refractivity contribution in [1.82, 2.24) is 4.98 Å². The van der Waals surface area contributed by atoms with E-state index in [1.165, 1.54) is 24.2 Å². The van der Waals surface area contributed by atoms with Gasteiger partial charge in [-0.3, -0.25) is 4.79 Å². The molecule has 1 heterocycles. The van der Waals surface area contributed by atoms with Crippen LogP contribution in [0.15, 0.2) is 5.38 Å². The Kier molecular flexibility index (Phi) is 7.28. The number of unbranched alkanes of at least 4 members (excludes halogenated alkanes) is 2. The normalized spacial score (nSPS) is 10.6. The van der Waals surface area contributed by atoms with Gasteiger partial charge in [-0.25, -0.2) is 4.98 Å². The van der Waals surface area contributed by atoms with Crippen LogP contribution in [0, 0.1) is 0 Å². The lowest BCUT2D eigenvalue weighted by atomic mass is 10.3. The molecule has 0 aliphatic carbocycles. The van der Waals surface area contributed by atoms with Crippen LogP contribution in [0.1, 0.15) is 50.0 Å². The molecule has 0 aromatic carbocycles. The molecular weight excluding hydrogens is 268 g/mol. The molecule has 0 bridgehead atoms. The summed E-state index contributed by atoms with van der Waals surface area (Å²) >= 11 is 7.08. The van der Waals surface area contributed by atoms with E-state index < -0.39 is 0 Å². The third-order valence-electron chi connectivity index (χ3n) is 2.73. The summed E-state index contributed by atoms with van der Waals surface area (Å²) in [7, 11) is 0. The van der Waals surface area contributed by atoms with Gasteiger partial charge >= 0.3 is 0 Å². The summed E-state index contributed by atoms with van der Waals surface area (Å²) in [4.78, 5) is 18.1. The van der Waals surface area contributed by atoms with E-state index in [1.54, 1.807) is 0 Å². The van der Waals surface area contributed by atoms with Gasteiger partial charge in [0.1, 0.15) is 5.69 Å². The average molecular weight is 289 g/mol. The van der Waals surface area contributed by atoms with E-state index in [9.17, 15) is 4.79 Å². The lowest BCUT2D eigenvalue weighted by Crippen LogP contribution is -2.25. The number of alkyl halides is 1. The third-order valence-corrected chi connectivity index (χ3v) is 3.88. The molecule has 0 spiro atoms. The molecule has 1 aromatic heterocycles. The first-order valence-electron chi connectivity index (χ1n) is 6.52. The SMILES string of the molecule is CCCCN(CCCC)c1nc(C(=O)CCl)cs1. The molecule has 3 nitrogen and oxygen atoms in total. The lowest BCUT2D eigenvalue weighted by molar-refractivity contribution is 0.101. The van der Waals surface area contributed by atoms with Gasteiger partial charge in [0.15, 0.2) is 10.9 Å². The third kappa shape index (κ3) is 4.58. The molecule has 1 rings (SSSR count). The van der Waals surface area contributed by atoms with Gasteiger partial charge in [0, 0.05) is 18.5 Å². The van der Waals surface area contributed by atoms with Gasteiger partial charge in [-0.2, -0.15) is 0 Å². The molecule has 1 aromatic rings.